The first-order valence-electron chi connectivity index (χ1n) is 10.6. The van der Waals surface area contributed by atoms with Crippen LogP contribution in [-0.2, 0) is 20.8 Å². The van der Waals surface area contributed by atoms with Crippen molar-refractivity contribution >= 4 is 45.9 Å². The van der Waals surface area contributed by atoms with Crippen molar-refractivity contribution in [1.29, 1.82) is 0 Å². The van der Waals surface area contributed by atoms with E-state index in [1.54, 1.807) is 18.4 Å². The number of benzene rings is 1. The number of carbonyl (C=O) groups is 2. The fourth-order valence-corrected chi connectivity index (χ4v) is 4.88. The number of nitrogens with zero attached hydrogens (tertiary/aromatic N) is 4. The van der Waals surface area contributed by atoms with Crippen LogP contribution in [-0.4, -0.2) is 65.3 Å². The number of morpholine rings is 1. The lowest BCUT2D eigenvalue weighted by Gasteiger charge is -2.28. The molecule has 11 heteroatoms. The molecule has 0 radical (unpaired) electrons. The first-order chi connectivity index (χ1) is 16.2. The Morgan fingerprint density at radius 2 is 1.97 bits per heavy atom. The molecule has 0 aliphatic carbocycles. The summed E-state index contributed by atoms with van der Waals surface area (Å²) in [4.78, 5) is 26.8. The molecule has 0 atom stereocenters. The van der Waals surface area contributed by atoms with Gasteiger partial charge in [0.15, 0.2) is 5.16 Å². The monoisotopic (exact) mass is 487 g/mol. The SMILES string of the molecule is CCOC(=O)c1ccsc1NC(=O)CSc1nnc(N2CCOCC2)n1Cc1ccccc1. The molecule has 2 aromatic heterocycles. The van der Waals surface area contributed by atoms with Crippen LogP contribution in [0.2, 0.25) is 0 Å². The number of amides is 1. The Labute approximate surface area is 200 Å². The Hall–Kier alpha value is -2.89. The van der Waals surface area contributed by atoms with Crippen LogP contribution in [0.4, 0.5) is 10.9 Å². The minimum absolute atomic E-state index is 0.135. The molecular formula is C22H25N5O4S2. The molecule has 1 aliphatic heterocycles. The molecule has 1 aliphatic rings. The van der Waals surface area contributed by atoms with Crippen LogP contribution in [0.3, 0.4) is 0 Å². The minimum atomic E-state index is -0.445. The zero-order chi connectivity index (χ0) is 23.0. The van der Waals surface area contributed by atoms with Crippen LogP contribution >= 0.6 is 23.1 Å². The van der Waals surface area contributed by atoms with E-state index in [1.807, 2.05) is 22.8 Å². The largest absolute Gasteiger partial charge is 0.462 e. The van der Waals surface area contributed by atoms with Crippen molar-refractivity contribution in [2.75, 3.05) is 48.9 Å². The Bertz CT molecular complexity index is 1080. The van der Waals surface area contributed by atoms with E-state index >= 15 is 0 Å². The van der Waals surface area contributed by atoms with Gasteiger partial charge in [-0.05, 0) is 23.9 Å². The van der Waals surface area contributed by atoms with Crippen LogP contribution in [0.1, 0.15) is 22.8 Å². The van der Waals surface area contributed by atoms with E-state index in [9.17, 15) is 9.59 Å². The highest BCUT2D eigenvalue weighted by Crippen LogP contribution is 2.27. The number of carbonyl (C=O) groups excluding carboxylic acids is 2. The molecule has 1 aromatic carbocycles. The minimum Gasteiger partial charge on any atom is -0.462 e. The van der Waals surface area contributed by atoms with Gasteiger partial charge < -0.3 is 19.7 Å². The molecule has 1 N–H and O–H groups in total. The van der Waals surface area contributed by atoms with E-state index in [4.69, 9.17) is 9.47 Å². The summed E-state index contributed by atoms with van der Waals surface area (Å²) >= 11 is 2.60. The molecule has 4 rings (SSSR count). The van der Waals surface area contributed by atoms with Gasteiger partial charge in [0.25, 0.3) is 0 Å². The summed E-state index contributed by atoms with van der Waals surface area (Å²) in [5.74, 6) is 0.235. The first kappa shape index (κ1) is 23.3. The summed E-state index contributed by atoms with van der Waals surface area (Å²) in [6.07, 6.45) is 0. The van der Waals surface area contributed by atoms with Gasteiger partial charge in [0.05, 0.1) is 37.7 Å². The number of ether oxygens (including phenoxy) is 2. The van der Waals surface area contributed by atoms with E-state index in [0.717, 1.165) is 24.6 Å². The molecule has 0 bridgehead atoms. The highest BCUT2D eigenvalue weighted by atomic mass is 32.2. The third-order valence-electron chi connectivity index (χ3n) is 4.92. The standard InChI is InChI=1S/C22H25N5O4S2/c1-2-31-20(29)17-8-13-32-19(17)23-18(28)15-33-22-25-24-21(26-9-11-30-12-10-26)27(22)14-16-6-4-3-5-7-16/h3-8,13H,2,9-12,14-15H2,1H3,(H,23,28). The summed E-state index contributed by atoms with van der Waals surface area (Å²) in [6, 6.07) is 11.7. The lowest BCUT2D eigenvalue weighted by Crippen LogP contribution is -2.38. The number of hydrogen-bond acceptors (Lipinski definition) is 9. The normalized spacial score (nSPS) is 13.7. The molecule has 0 spiro atoms. The van der Waals surface area contributed by atoms with Gasteiger partial charge in [-0.25, -0.2) is 4.79 Å². The molecule has 9 nitrogen and oxygen atoms in total. The van der Waals surface area contributed by atoms with E-state index in [2.05, 4.69) is 32.5 Å². The van der Waals surface area contributed by atoms with E-state index in [0.29, 0.717) is 35.5 Å². The van der Waals surface area contributed by atoms with Crippen molar-refractivity contribution in [1.82, 2.24) is 14.8 Å². The first-order valence-corrected chi connectivity index (χ1v) is 12.5. The zero-order valence-electron chi connectivity index (χ0n) is 18.2. The summed E-state index contributed by atoms with van der Waals surface area (Å²) in [6.45, 7) is 5.40. The number of esters is 1. The van der Waals surface area contributed by atoms with Gasteiger partial charge >= 0.3 is 5.97 Å². The van der Waals surface area contributed by atoms with Gasteiger partial charge in [0.2, 0.25) is 11.9 Å². The van der Waals surface area contributed by atoms with Crippen LogP contribution in [0.25, 0.3) is 0 Å². The molecule has 1 fully saturated rings. The number of nitrogens with one attached hydrogen (secondary N) is 1. The van der Waals surface area contributed by atoms with Crippen molar-refractivity contribution in [2.45, 2.75) is 18.6 Å². The Balaban J connectivity index is 1.46. The summed E-state index contributed by atoms with van der Waals surface area (Å²) < 4.78 is 12.5. The van der Waals surface area contributed by atoms with Crippen molar-refractivity contribution < 1.29 is 19.1 Å². The molecule has 3 aromatic rings. The maximum absolute atomic E-state index is 12.6. The van der Waals surface area contributed by atoms with Gasteiger partial charge in [-0.3, -0.25) is 9.36 Å². The van der Waals surface area contributed by atoms with Crippen molar-refractivity contribution in [3.05, 3.63) is 52.9 Å². The predicted molar refractivity (Wildman–Crippen MR) is 128 cm³/mol. The molecule has 0 saturated carbocycles. The lowest BCUT2D eigenvalue weighted by molar-refractivity contribution is -0.113. The third-order valence-corrected chi connectivity index (χ3v) is 6.72. The van der Waals surface area contributed by atoms with Crippen LogP contribution < -0.4 is 10.2 Å². The van der Waals surface area contributed by atoms with Crippen LogP contribution in [0.15, 0.2) is 46.9 Å². The smallest absolute Gasteiger partial charge is 0.341 e. The lowest BCUT2D eigenvalue weighted by atomic mass is 10.2. The molecule has 33 heavy (non-hydrogen) atoms. The summed E-state index contributed by atoms with van der Waals surface area (Å²) in [5.41, 5.74) is 1.48. The molecule has 1 amide bonds. The predicted octanol–water partition coefficient (Wildman–Crippen LogP) is 3.13. The fraction of sp³-hybridized carbons (Fsp3) is 0.364. The molecule has 174 valence electrons. The number of thiophene rings is 1. The maximum Gasteiger partial charge on any atom is 0.341 e. The van der Waals surface area contributed by atoms with Gasteiger partial charge in [0.1, 0.15) is 5.00 Å². The second-order valence-corrected chi connectivity index (χ2v) is 9.03. The highest BCUT2D eigenvalue weighted by molar-refractivity contribution is 7.99. The third kappa shape index (κ3) is 5.92. The van der Waals surface area contributed by atoms with Gasteiger partial charge in [-0.2, -0.15) is 0 Å². The number of aromatic nitrogens is 3. The van der Waals surface area contributed by atoms with E-state index in [-0.39, 0.29) is 18.3 Å². The quantitative estimate of drug-likeness (QED) is 0.363. The fourth-order valence-electron chi connectivity index (χ4n) is 3.36. The Kier molecular flexibility index (Phi) is 7.97. The van der Waals surface area contributed by atoms with Crippen molar-refractivity contribution in [3.8, 4) is 0 Å². The van der Waals surface area contributed by atoms with Crippen LogP contribution in [0.5, 0.6) is 0 Å². The second-order valence-electron chi connectivity index (χ2n) is 7.17. The average Bonchev–Trinajstić information content (AvgIpc) is 3.46. The zero-order valence-corrected chi connectivity index (χ0v) is 19.9. The van der Waals surface area contributed by atoms with Crippen molar-refractivity contribution in [2.24, 2.45) is 0 Å². The maximum atomic E-state index is 12.6. The number of thioether (sulfide) groups is 1. The molecule has 1 saturated heterocycles. The van der Waals surface area contributed by atoms with Crippen molar-refractivity contribution in [3.63, 3.8) is 0 Å². The Morgan fingerprint density at radius 1 is 1.18 bits per heavy atom. The van der Waals surface area contributed by atoms with E-state index < -0.39 is 5.97 Å². The average molecular weight is 488 g/mol. The summed E-state index contributed by atoms with van der Waals surface area (Å²) in [7, 11) is 0. The van der Waals surface area contributed by atoms with Gasteiger partial charge in [-0.1, -0.05) is 42.1 Å². The highest BCUT2D eigenvalue weighted by Gasteiger charge is 2.22. The van der Waals surface area contributed by atoms with Gasteiger partial charge in [0, 0.05) is 13.1 Å². The molecule has 0 unspecified atom stereocenters. The summed E-state index contributed by atoms with van der Waals surface area (Å²) in [5, 5.41) is 14.5. The van der Waals surface area contributed by atoms with E-state index in [1.165, 1.54) is 23.1 Å². The van der Waals surface area contributed by atoms with Crippen LogP contribution in [0, 0.1) is 0 Å². The topological polar surface area (TPSA) is 98.6 Å². The number of rotatable bonds is 9. The number of anilines is 2. The second kappa shape index (κ2) is 11.3. The number of hydrogen-bond donors (Lipinski definition) is 1. The molecule has 3 heterocycles. The van der Waals surface area contributed by atoms with Gasteiger partial charge in [-0.15, -0.1) is 21.5 Å². The molecular weight excluding hydrogens is 462 g/mol. The Morgan fingerprint density at radius 3 is 2.73 bits per heavy atom.